The molecule has 0 aliphatic rings. The Kier molecular flexibility index (Phi) is 5.23. The van der Waals surface area contributed by atoms with Gasteiger partial charge in [-0.25, -0.2) is 0 Å². The van der Waals surface area contributed by atoms with Crippen molar-refractivity contribution >= 4 is 23.5 Å². The van der Waals surface area contributed by atoms with Crippen LogP contribution in [0.25, 0.3) is 0 Å². The predicted molar refractivity (Wildman–Crippen MR) is 77.8 cm³/mol. The summed E-state index contributed by atoms with van der Waals surface area (Å²) >= 11 is 1.50. The van der Waals surface area contributed by atoms with Crippen molar-refractivity contribution in [2.75, 3.05) is 6.26 Å². The molecule has 1 rings (SSSR count). The van der Waals surface area contributed by atoms with Gasteiger partial charge in [0.15, 0.2) is 5.84 Å². The zero-order valence-electron chi connectivity index (χ0n) is 11.3. The van der Waals surface area contributed by atoms with Crippen LogP contribution >= 0.6 is 11.8 Å². The molecule has 0 saturated carbocycles. The summed E-state index contributed by atoms with van der Waals surface area (Å²) < 4.78 is 0. The number of carbonyl (C=O) groups excluding carboxylic acids is 1. The number of amidine groups is 1. The minimum Gasteiger partial charge on any atom is -0.409 e. The molecule has 0 aliphatic heterocycles. The zero-order valence-corrected chi connectivity index (χ0v) is 12.1. The van der Waals surface area contributed by atoms with Crippen LogP contribution in [0, 0.1) is 0 Å². The highest BCUT2D eigenvalue weighted by Crippen LogP contribution is 2.21. The first kappa shape index (κ1) is 15.4. The minimum absolute atomic E-state index is 0.00928. The average Bonchev–Trinajstić information content (AvgIpc) is 2.45. The van der Waals surface area contributed by atoms with Gasteiger partial charge >= 0.3 is 0 Å². The van der Waals surface area contributed by atoms with Crippen molar-refractivity contribution in [1.82, 2.24) is 5.32 Å². The van der Waals surface area contributed by atoms with Gasteiger partial charge in [0.2, 0.25) is 0 Å². The van der Waals surface area contributed by atoms with Crippen LogP contribution in [0.3, 0.4) is 0 Å². The van der Waals surface area contributed by atoms with Crippen molar-refractivity contribution < 1.29 is 10.0 Å². The van der Waals surface area contributed by atoms with E-state index in [0.29, 0.717) is 12.0 Å². The molecule has 19 heavy (non-hydrogen) atoms. The molecule has 0 heterocycles. The summed E-state index contributed by atoms with van der Waals surface area (Å²) in [6.45, 7) is 3.58. The molecule has 4 N–H and O–H groups in total. The molecule has 104 valence electrons. The van der Waals surface area contributed by atoms with Gasteiger partial charge in [-0.3, -0.25) is 4.79 Å². The predicted octanol–water partition coefficient (Wildman–Crippen LogP) is 2.05. The fourth-order valence-electron chi connectivity index (χ4n) is 1.59. The first-order chi connectivity index (χ1) is 8.98. The lowest BCUT2D eigenvalue weighted by molar-refractivity contribution is 0.0922. The normalized spacial score (nSPS) is 14.8. The van der Waals surface area contributed by atoms with Gasteiger partial charge in [0, 0.05) is 4.90 Å². The Bertz CT molecular complexity index is 491. The van der Waals surface area contributed by atoms with Crippen molar-refractivity contribution in [2.45, 2.75) is 30.7 Å². The number of nitrogens with one attached hydrogen (secondary N) is 1. The van der Waals surface area contributed by atoms with Crippen LogP contribution in [0.4, 0.5) is 0 Å². The van der Waals surface area contributed by atoms with Gasteiger partial charge in [0.25, 0.3) is 5.91 Å². The maximum Gasteiger partial charge on any atom is 0.253 e. The summed E-state index contributed by atoms with van der Waals surface area (Å²) in [6, 6.07) is 7.32. The number of rotatable bonds is 5. The van der Waals surface area contributed by atoms with Crippen LogP contribution in [0.2, 0.25) is 0 Å². The van der Waals surface area contributed by atoms with E-state index >= 15 is 0 Å². The highest BCUT2D eigenvalue weighted by atomic mass is 32.2. The molecular weight excluding hydrogens is 262 g/mol. The van der Waals surface area contributed by atoms with E-state index in [2.05, 4.69) is 10.5 Å². The summed E-state index contributed by atoms with van der Waals surface area (Å²) in [7, 11) is 0. The number of nitrogens with two attached hydrogens (primary N) is 1. The second-order valence-corrected chi connectivity index (χ2v) is 5.17. The maximum atomic E-state index is 12.3. The van der Waals surface area contributed by atoms with E-state index in [1.807, 2.05) is 25.3 Å². The second-order valence-electron chi connectivity index (χ2n) is 4.33. The monoisotopic (exact) mass is 281 g/mol. The number of hydrogen-bond donors (Lipinski definition) is 3. The van der Waals surface area contributed by atoms with Gasteiger partial charge in [-0.05, 0) is 31.7 Å². The Hall–Kier alpha value is -1.69. The molecule has 1 aromatic rings. The largest absolute Gasteiger partial charge is 0.409 e. The lowest BCUT2D eigenvalue weighted by Gasteiger charge is -2.28. The Morgan fingerprint density at radius 1 is 1.53 bits per heavy atom. The van der Waals surface area contributed by atoms with Crippen LogP contribution in [0.5, 0.6) is 0 Å². The molecule has 6 heteroatoms. The van der Waals surface area contributed by atoms with Crippen LogP contribution in [-0.4, -0.2) is 28.7 Å². The van der Waals surface area contributed by atoms with Crippen molar-refractivity contribution in [3.8, 4) is 0 Å². The Morgan fingerprint density at radius 2 is 2.16 bits per heavy atom. The number of thioether (sulfide) groups is 1. The number of amides is 1. The molecule has 0 radical (unpaired) electrons. The van der Waals surface area contributed by atoms with Gasteiger partial charge in [0.05, 0.1) is 11.1 Å². The standard InChI is InChI=1S/C13H19N3O2S/c1-4-13(2,12(14)16-18)15-11(17)9-7-5-6-8-10(9)19-3/h5-8,18H,4H2,1-3H3,(H2,14,16)(H,15,17). The van der Waals surface area contributed by atoms with Gasteiger partial charge in [-0.15, -0.1) is 11.8 Å². The summed E-state index contributed by atoms with van der Waals surface area (Å²) in [5.74, 6) is -0.245. The fourth-order valence-corrected chi connectivity index (χ4v) is 2.19. The van der Waals surface area contributed by atoms with Crippen LogP contribution < -0.4 is 11.1 Å². The molecule has 0 saturated heterocycles. The van der Waals surface area contributed by atoms with Crippen molar-refractivity contribution in [2.24, 2.45) is 10.9 Å². The van der Waals surface area contributed by atoms with E-state index in [4.69, 9.17) is 10.9 Å². The lowest BCUT2D eigenvalue weighted by atomic mass is 9.97. The van der Waals surface area contributed by atoms with E-state index in [-0.39, 0.29) is 11.7 Å². The number of benzene rings is 1. The minimum atomic E-state index is -0.864. The quantitative estimate of drug-likeness (QED) is 0.253. The third-order valence-corrected chi connectivity index (χ3v) is 3.92. The molecule has 0 aromatic heterocycles. The summed E-state index contributed by atoms with van der Waals surface area (Å²) in [6.07, 6.45) is 2.44. The number of carbonyl (C=O) groups is 1. The average molecular weight is 281 g/mol. The third kappa shape index (κ3) is 3.41. The first-order valence-corrected chi connectivity index (χ1v) is 7.14. The molecule has 0 bridgehead atoms. The summed E-state index contributed by atoms with van der Waals surface area (Å²) in [5, 5.41) is 14.6. The van der Waals surface area contributed by atoms with Crippen LogP contribution in [0.1, 0.15) is 30.6 Å². The summed E-state index contributed by atoms with van der Waals surface area (Å²) in [4.78, 5) is 13.2. The van der Waals surface area contributed by atoms with Gasteiger partial charge in [-0.1, -0.05) is 24.2 Å². The highest BCUT2D eigenvalue weighted by Gasteiger charge is 2.30. The van der Waals surface area contributed by atoms with Crippen molar-refractivity contribution in [3.63, 3.8) is 0 Å². The molecular formula is C13H19N3O2S. The molecule has 0 aliphatic carbocycles. The zero-order chi connectivity index (χ0) is 14.5. The van der Waals surface area contributed by atoms with E-state index in [1.54, 1.807) is 19.1 Å². The van der Waals surface area contributed by atoms with Gasteiger partial charge in [-0.2, -0.15) is 0 Å². The van der Waals surface area contributed by atoms with Gasteiger partial charge < -0.3 is 16.3 Å². The Labute approximate surface area is 117 Å². The molecule has 1 atom stereocenters. The van der Waals surface area contributed by atoms with E-state index in [0.717, 1.165) is 4.90 Å². The number of oxime groups is 1. The fraction of sp³-hybridized carbons (Fsp3) is 0.385. The molecule has 0 fully saturated rings. The smallest absolute Gasteiger partial charge is 0.253 e. The highest BCUT2D eigenvalue weighted by molar-refractivity contribution is 7.98. The van der Waals surface area contributed by atoms with E-state index in [1.165, 1.54) is 11.8 Å². The van der Waals surface area contributed by atoms with Crippen LogP contribution in [0.15, 0.2) is 34.3 Å². The first-order valence-electron chi connectivity index (χ1n) is 5.92. The van der Waals surface area contributed by atoms with E-state index in [9.17, 15) is 4.79 Å². The van der Waals surface area contributed by atoms with Gasteiger partial charge in [0.1, 0.15) is 0 Å². The van der Waals surface area contributed by atoms with Crippen molar-refractivity contribution in [1.29, 1.82) is 0 Å². The SMILES string of the molecule is CCC(C)(NC(=O)c1ccccc1SC)C(N)=NO. The number of hydrogen-bond acceptors (Lipinski definition) is 4. The molecule has 1 aromatic carbocycles. The molecule has 0 spiro atoms. The molecule has 1 unspecified atom stereocenters. The van der Waals surface area contributed by atoms with Crippen LogP contribution in [-0.2, 0) is 0 Å². The summed E-state index contributed by atoms with van der Waals surface area (Å²) in [5.41, 5.74) is 5.36. The second kappa shape index (κ2) is 6.47. The lowest BCUT2D eigenvalue weighted by Crippen LogP contribution is -2.55. The van der Waals surface area contributed by atoms with E-state index < -0.39 is 5.54 Å². The topological polar surface area (TPSA) is 87.7 Å². The van der Waals surface area contributed by atoms with Crippen molar-refractivity contribution in [3.05, 3.63) is 29.8 Å². The Morgan fingerprint density at radius 3 is 2.68 bits per heavy atom. The molecule has 5 nitrogen and oxygen atoms in total. The third-order valence-electron chi connectivity index (χ3n) is 3.12. The Balaban J connectivity index is 3.02. The number of nitrogens with zero attached hydrogens (tertiary/aromatic N) is 1. The molecule has 1 amide bonds. The maximum absolute atomic E-state index is 12.3.